The normalized spacial score (nSPS) is 12.3. The van der Waals surface area contributed by atoms with Crippen molar-refractivity contribution in [2.24, 2.45) is 0 Å². The second kappa shape index (κ2) is 10.5. The third-order valence-electron chi connectivity index (χ3n) is 5.01. The number of hydrogen-bond acceptors (Lipinski definition) is 1. The van der Waals surface area contributed by atoms with Crippen LogP contribution in [0.5, 0.6) is 0 Å². The minimum Gasteiger partial charge on any atom is -0.355 e. The van der Waals surface area contributed by atoms with Crippen LogP contribution in [0.15, 0.2) is 59.9 Å². The summed E-state index contributed by atoms with van der Waals surface area (Å²) in [5, 5.41) is 3.67. The van der Waals surface area contributed by atoms with Gasteiger partial charge in [-0.1, -0.05) is 77.5 Å². The van der Waals surface area contributed by atoms with E-state index in [0.29, 0.717) is 0 Å². The molecule has 1 heteroatoms. The van der Waals surface area contributed by atoms with Gasteiger partial charge in [-0.3, -0.25) is 0 Å². The molecular formula is C27H41N. The Kier molecular flexibility index (Phi) is 9.01. The molecule has 0 radical (unpaired) electrons. The van der Waals surface area contributed by atoms with E-state index in [1.807, 2.05) is 6.08 Å². The number of allylic oxidation sites excluding steroid dienone is 4. The molecular weight excluding hydrogens is 338 g/mol. The first-order valence-electron chi connectivity index (χ1n) is 10.6. The number of hydrogen-bond donors (Lipinski definition) is 1. The minimum absolute atomic E-state index is 0.112. The number of benzene rings is 1. The molecule has 0 unspecified atom stereocenters. The van der Waals surface area contributed by atoms with Crippen LogP contribution in [0, 0.1) is 6.92 Å². The molecule has 0 saturated heterocycles. The van der Waals surface area contributed by atoms with Crippen LogP contribution in [0.1, 0.15) is 84.4 Å². The quantitative estimate of drug-likeness (QED) is 0.335. The van der Waals surface area contributed by atoms with E-state index in [-0.39, 0.29) is 5.41 Å². The molecule has 0 spiro atoms. The zero-order chi connectivity index (χ0) is 21.5. The van der Waals surface area contributed by atoms with Crippen LogP contribution in [-0.2, 0) is 11.8 Å². The number of rotatable bonds is 9. The lowest BCUT2D eigenvalue weighted by Gasteiger charge is -2.27. The van der Waals surface area contributed by atoms with Gasteiger partial charge in [0.15, 0.2) is 0 Å². The van der Waals surface area contributed by atoms with Crippen molar-refractivity contribution in [2.75, 3.05) is 5.32 Å². The second-order valence-electron chi connectivity index (χ2n) is 9.17. The summed E-state index contributed by atoms with van der Waals surface area (Å²) in [6, 6.07) is 4.63. The van der Waals surface area contributed by atoms with Crippen LogP contribution in [0.3, 0.4) is 0 Å². The standard InChI is InChI=1S/C27H41N/c1-11-13-14-15-23-25(27(8,9)10)17-20(5)18-26(23)28-22(7)24(16-19(3)4)21(6)12-2/h12,16-18,28H,2,7,11,13-15H2,1,3-6,8-10H3/b24-21+. The summed E-state index contributed by atoms with van der Waals surface area (Å²) in [6.07, 6.45) is 8.89. The van der Waals surface area contributed by atoms with Crippen molar-refractivity contribution in [2.45, 2.75) is 86.5 Å². The number of nitrogens with one attached hydrogen (secondary N) is 1. The van der Waals surface area contributed by atoms with E-state index in [9.17, 15) is 0 Å². The largest absolute Gasteiger partial charge is 0.355 e. The Morgan fingerprint density at radius 1 is 1.11 bits per heavy atom. The summed E-state index contributed by atoms with van der Waals surface area (Å²) in [6.45, 7) is 26.0. The Hall–Kier alpha value is -2.02. The molecule has 0 aromatic heterocycles. The van der Waals surface area contributed by atoms with Gasteiger partial charge in [0.25, 0.3) is 0 Å². The number of anilines is 1. The Labute approximate surface area is 174 Å². The van der Waals surface area contributed by atoms with Crippen LogP contribution < -0.4 is 5.32 Å². The fourth-order valence-corrected chi connectivity index (χ4v) is 3.49. The number of aryl methyl sites for hydroxylation is 1. The fraction of sp³-hybridized carbons (Fsp3) is 0.481. The average Bonchev–Trinajstić information content (AvgIpc) is 2.59. The van der Waals surface area contributed by atoms with Gasteiger partial charge in [-0.05, 0) is 74.3 Å². The van der Waals surface area contributed by atoms with Crippen molar-refractivity contribution >= 4 is 5.69 Å². The van der Waals surface area contributed by atoms with Crippen LogP contribution in [-0.4, -0.2) is 0 Å². The lowest BCUT2D eigenvalue weighted by atomic mass is 9.80. The maximum Gasteiger partial charge on any atom is 0.0422 e. The van der Waals surface area contributed by atoms with Gasteiger partial charge in [0.2, 0.25) is 0 Å². The van der Waals surface area contributed by atoms with Gasteiger partial charge in [-0.25, -0.2) is 0 Å². The zero-order valence-electron chi connectivity index (χ0n) is 19.6. The van der Waals surface area contributed by atoms with E-state index in [4.69, 9.17) is 0 Å². The third kappa shape index (κ3) is 6.86. The van der Waals surface area contributed by atoms with E-state index < -0.39 is 0 Å². The molecule has 0 aliphatic rings. The Morgan fingerprint density at radius 3 is 2.25 bits per heavy atom. The lowest BCUT2D eigenvalue weighted by Crippen LogP contribution is -2.17. The highest BCUT2D eigenvalue weighted by molar-refractivity contribution is 5.64. The summed E-state index contributed by atoms with van der Waals surface area (Å²) >= 11 is 0. The van der Waals surface area contributed by atoms with Gasteiger partial charge in [0.1, 0.15) is 0 Å². The first-order valence-corrected chi connectivity index (χ1v) is 10.6. The van der Waals surface area contributed by atoms with Gasteiger partial charge >= 0.3 is 0 Å². The SMILES string of the molecule is C=C/C(C)=C(\C=C(C)C)C(=C)Nc1cc(C)cc(C(C)(C)C)c1CCCCC. The lowest BCUT2D eigenvalue weighted by molar-refractivity contribution is 0.578. The molecule has 0 saturated carbocycles. The van der Waals surface area contributed by atoms with Crippen molar-refractivity contribution in [3.63, 3.8) is 0 Å². The average molecular weight is 380 g/mol. The van der Waals surface area contributed by atoms with Crippen molar-refractivity contribution < 1.29 is 0 Å². The topological polar surface area (TPSA) is 12.0 Å². The third-order valence-corrected chi connectivity index (χ3v) is 5.01. The molecule has 1 aromatic rings. The second-order valence-corrected chi connectivity index (χ2v) is 9.17. The molecule has 1 rings (SSSR count). The molecule has 1 nitrogen and oxygen atoms in total. The molecule has 0 fully saturated rings. The van der Waals surface area contributed by atoms with Gasteiger partial charge in [0, 0.05) is 17.0 Å². The maximum atomic E-state index is 4.37. The molecule has 0 atom stereocenters. The smallest absolute Gasteiger partial charge is 0.0422 e. The van der Waals surface area contributed by atoms with Gasteiger partial charge in [-0.2, -0.15) is 0 Å². The van der Waals surface area contributed by atoms with Crippen molar-refractivity contribution in [1.29, 1.82) is 0 Å². The Bertz CT molecular complexity index is 762. The van der Waals surface area contributed by atoms with Crippen molar-refractivity contribution in [3.8, 4) is 0 Å². The molecule has 0 bridgehead atoms. The van der Waals surface area contributed by atoms with E-state index in [1.165, 1.54) is 47.2 Å². The zero-order valence-corrected chi connectivity index (χ0v) is 19.6. The fourth-order valence-electron chi connectivity index (χ4n) is 3.49. The van der Waals surface area contributed by atoms with E-state index in [2.05, 4.69) is 92.1 Å². The molecule has 0 heterocycles. The maximum absolute atomic E-state index is 4.37. The predicted molar refractivity (Wildman–Crippen MR) is 128 cm³/mol. The van der Waals surface area contributed by atoms with Gasteiger partial charge in [-0.15, -0.1) is 0 Å². The van der Waals surface area contributed by atoms with E-state index in [1.54, 1.807) is 0 Å². The summed E-state index contributed by atoms with van der Waals surface area (Å²) < 4.78 is 0. The predicted octanol–water partition coefficient (Wildman–Crippen LogP) is 8.42. The molecule has 0 aliphatic heterocycles. The molecule has 1 aromatic carbocycles. The van der Waals surface area contributed by atoms with E-state index >= 15 is 0 Å². The summed E-state index contributed by atoms with van der Waals surface area (Å²) in [4.78, 5) is 0. The summed E-state index contributed by atoms with van der Waals surface area (Å²) in [7, 11) is 0. The molecule has 154 valence electrons. The van der Waals surface area contributed by atoms with Crippen molar-refractivity contribution in [3.05, 3.63) is 76.5 Å². The Balaban J connectivity index is 3.46. The highest BCUT2D eigenvalue weighted by Gasteiger charge is 2.21. The first kappa shape index (κ1) is 24.0. The monoisotopic (exact) mass is 379 g/mol. The first-order chi connectivity index (χ1) is 13.0. The van der Waals surface area contributed by atoms with Gasteiger partial charge in [0.05, 0.1) is 0 Å². The number of unbranched alkanes of at least 4 members (excludes halogenated alkanes) is 2. The highest BCUT2D eigenvalue weighted by atomic mass is 14.9. The highest BCUT2D eigenvalue weighted by Crippen LogP contribution is 2.34. The molecule has 28 heavy (non-hydrogen) atoms. The van der Waals surface area contributed by atoms with Gasteiger partial charge < -0.3 is 5.32 Å². The van der Waals surface area contributed by atoms with Crippen LogP contribution in [0.25, 0.3) is 0 Å². The molecule has 0 aliphatic carbocycles. The van der Waals surface area contributed by atoms with Crippen LogP contribution in [0.4, 0.5) is 5.69 Å². The summed E-state index contributed by atoms with van der Waals surface area (Å²) in [5.74, 6) is 0. The van der Waals surface area contributed by atoms with Crippen LogP contribution >= 0.6 is 0 Å². The van der Waals surface area contributed by atoms with Crippen molar-refractivity contribution in [1.82, 2.24) is 0 Å². The minimum atomic E-state index is 0.112. The molecule has 0 amide bonds. The van der Waals surface area contributed by atoms with Crippen LogP contribution in [0.2, 0.25) is 0 Å². The van der Waals surface area contributed by atoms with E-state index in [0.717, 1.165) is 23.3 Å². The summed E-state index contributed by atoms with van der Waals surface area (Å²) in [5.41, 5.74) is 9.90. The Morgan fingerprint density at radius 2 is 1.75 bits per heavy atom. The molecule has 1 N–H and O–H groups in total.